The Labute approximate surface area is 119 Å². The van der Waals surface area contributed by atoms with Crippen molar-refractivity contribution >= 4 is 11.6 Å². The molecular formula is C15H20ClN3. The lowest BCUT2D eigenvalue weighted by Gasteiger charge is -2.17. The molecule has 1 heterocycles. The SMILES string of the molecule is CCC(NCc1c(Cl)c(C)nn1C)c1ccccc1. The Morgan fingerprint density at radius 3 is 2.53 bits per heavy atom. The fourth-order valence-corrected chi connectivity index (χ4v) is 2.50. The van der Waals surface area contributed by atoms with Gasteiger partial charge in [0.2, 0.25) is 0 Å². The molecule has 0 bridgehead atoms. The molecule has 1 atom stereocenters. The quantitative estimate of drug-likeness (QED) is 0.905. The van der Waals surface area contributed by atoms with Gasteiger partial charge in [0, 0.05) is 19.6 Å². The minimum absolute atomic E-state index is 0.340. The molecule has 0 amide bonds. The number of nitrogens with zero attached hydrogens (tertiary/aromatic N) is 2. The zero-order valence-electron chi connectivity index (χ0n) is 11.7. The van der Waals surface area contributed by atoms with Gasteiger partial charge in [0.1, 0.15) is 0 Å². The van der Waals surface area contributed by atoms with Gasteiger partial charge >= 0.3 is 0 Å². The summed E-state index contributed by atoms with van der Waals surface area (Å²) in [6.07, 6.45) is 1.04. The third-order valence-electron chi connectivity index (χ3n) is 3.39. The van der Waals surface area contributed by atoms with Crippen LogP contribution in [-0.2, 0) is 13.6 Å². The Morgan fingerprint density at radius 1 is 1.32 bits per heavy atom. The zero-order chi connectivity index (χ0) is 13.8. The number of benzene rings is 1. The summed E-state index contributed by atoms with van der Waals surface area (Å²) in [5.41, 5.74) is 3.22. The molecule has 102 valence electrons. The van der Waals surface area contributed by atoms with Crippen LogP contribution in [0.15, 0.2) is 30.3 Å². The minimum atomic E-state index is 0.340. The predicted octanol–water partition coefficient (Wildman–Crippen LogP) is 3.62. The van der Waals surface area contributed by atoms with E-state index in [1.165, 1.54) is 5.56 Å². The maximum Gasteiger partial charge on any atom is 0.0860 e. The summed E-state index contributed by atoms with van der Waals surface area (Å²) >= 11 is 6.26. The molecule has 1 unspecified atom stereocenters. The molecule has 0 aliphatic heterocycles. The molecule has 2 rings (SSSR count). The Morgan fingerprint density at radius 2 is 2.00 bits per heavy atom. The second-order valence-corrected chi connectivity index (χ2v) is 5.10. The van der Waals surface area contributed by atoms with Crippen LogP contribution in [0.3, 0.4) is 0 Å². The zero-order valence-corrected chi connectivity index (χ0v) is 12.4. The first-order valence-electron chi connectivity index (χ1n) is 6.59. The topological polar surface area (TPSA) is 29.9 Å². The van der Waals surface area contributed by atoms with Crippen molar-refractivity contribution < 1.29 is 0 Å². The van der Waals surface area contributed by atoms with E-state index in [4.69, 9.17) is 11.6 Å². The van der Waals surface area contributed by atoms with E-state index in [9.17, 15) is 0 Å². The van der Waals surface area contributed by atoms with Crippen molar-refractivity contribution in [2.24, 2.45) is 7.05 Å². The number of rotatable bonds is 5. The molecule has 0 saturated heterocycles. The number of aromatic nitrogens is 2. The van der Waals surface area contributed by atoms with E-state index in [0.717, 1.165) is 29.4 Å². The van der Waals surface area contributed by atoms with Gasteiger partial charge in [0.15, 0.2) is 0 Å². The lowest BCUT2D eigenvalue weighted by Crippen LogP contribution is -2.21. The van der Waals surface area contributed by atoms with Crippen LogP contribution in [0.2, 0.25) is 5.02 Å². The molecule has 0 fully saturated rings. The Bertz CT molecular complexity index is 534. The van der Waals surface area contributed by atoms with E-state index >= 15 is 0 Å². The summed E-state index contributed by atoms with van der Waals surface area (Å²) in [5.74, 6) is 0. The molecule has 0 radical (unpaired) electrons. The summed E-state index contributed by atoms with van der Waals surface area (Å²) < 4.78 is 1.85. The molecule has 1 aromatic heterocycles. The van der Waals surface area contributed by atoms with Gasteiger partial charge in [-0.1, -0.05) is 48.9 Å². The molecule has 2 aromatic rings. The first kappa shape index (κ1) is 14.1. The molecule has 0 saturated carbocycles. The van der Waals surface area contributed by atoms with Crippen molar-refractivity contribution in [2.75, 3.05) is 0 Å². The first-order valence-corrected chi connectivity index (χ1v) is 6.97. The molecular weight excluding hydrogens is 258 g/mol. The molecule has 0 aliphatic carbocycles. The van der Waals surface area contributed by atoms with Gasteiger partial charge < -0.3 is 5.32 Å². The number of aryl methyl sites for hydroxylation is 2. The fourth-order valence-electron chi connectivity index (χ4n) is 2.28. The second kappa shape index (κ2) is 6.22. The second-order valence-electron chi connectivity index (χ2n) is 4.72. The molecule has 0 aliphatic rings. The standard InChI is InChI=1S/C15H20ClN3/c1-4-13(12-8-6-5-7-9-12)17-10-14-15(16)11(2)18-19(14)3/h5-9,13,17H,4,10H2,1-3H3. The summed E-state index contributed by atoms with van der Waals surface area (Å²) in [5, 5.41) is 8.65. The highest BCUT2D eigenvalue weighted by atomic mass is 35.5. The number of hydrogen-bond acceptors (Lipinski definition) is 2. The van der Waals surface area contributed by atoms with E-state index in [0.29, 0.717) is 6.04 Å². The highest BCUT2D eigenvalue weighted by molar-refractivity contribution is 6.31. The van der Waals surface area contributed by atoms with E-state index in [2.05, 4.69) is 41.6 Å². The highest BCUT2D eigenvalue weighted by Crippen LogP contribution is 2.21. The molecule has 4 heteroatoms. The van der Waals surface area contributed by atoms with Crippen LogP contribution in [-0.4, -0.2) is 9.78 Å². The summed E-state index contributed by atoms with van der Waals surface area (Å²) in [6.45, 7) is 4.84. The van der Waals surface area contributed by atoms with Crippen LogP contribution >= 0.6 is 11.6 Å². The maximum absolute atomic E-state index is 6.26. The summed E-state index contributed by atoms with van der Waals surface area (Å²) in [4.78, 5) is 0. The van der Waals surface area contributed by atoms with Crippen molar-refractivity contribution in [3.63, 3.8) is 0 Å². The molecule has 19 heavy (non-hydrogen) atoms. The monoisotopic (exact) mass is 277 g/mol. The third kappa shape index (κ3) is 3.17. The molecule has 3 nitrogen and oxygen atoms in total. The van der Waals surface area contributed by atoms with Crippen LogP contribution in [0.1, 0.15) is 36.3 Å². The van der Waals surface area contributed by atoms with Crippen LogP contribution in [0, 0.1) is 6.92 Å². The average molecular weight is 278 g/mol. The largest absolute Gasteiger partial charge is 0.304 e. The highest BCUT2D eigenvalue weighted by Gasteiger charge is 2.13. The van der Waals surface area contributed by atoms with E-state index in [-0.39, 0.29) is 0 Å². The lowest BCUT2D eigenvalue weighted by molar-refractivity contribution is 0.503. The molecule has 1 aromatic carbocycles. The van der Waals surface area contributed by atoms with Crippen molar-refractivity contribution in [2.45, 2.75) is 32.9 Å². The number of hydrogen-bond donors (Lipinski definition) is 1. The van der Waals surface area contributed by atoms with Crippen molar-refractivity contribution in [1.82, 2.24) is 15.1 Å². The van der Waals surface area contributed by atoms with Crippen molar-refractivity contribution in [1.29, 1.82) is 0 Å². The van der Waals surface area contributed by atoms with Crippen LogP contribution < -0.4 is 5.32 Å². The number of nitrogens with one attached hydrogen (secondary N) is 1. The fraction of sp³-hybridized carbons (Fsp3) is 0.400. The Hall–Kier alpha value is -1.32. The lowest BCUT2D eigenvalue weighted by atomic mass is 10.0. The van der Waals surface area contributed by atoms with Gasteiger partial charge in [-0.15, -0.1) is 0 Å². The van der Waals surface area contributed by atoms with Gasteiger partial charge in [-0.25, -0.2) is 0 Å². The van der Waals surface area contributed by atoms with Gasteiger partial charge in [0.25, 0.3) is 0 Å². The average Bonchev–Trinajstić information content (AvgIpc) is 2.66. The number of halogens is 1. The van der Waals surface area contributed by atoms with Gasteiger partial charge in [-0.3, -0.25) is 4.68 Å². The predicted molar refractivity (Wildman–Crippen MR) is 79.3 cm³/mol. The summed E-state index contributed by atoms with van der Waals surface area (Å²) in [7, 11) is 1.93. The Balaban J connectivity index is 2.08. The Kier molecular flexibility index (Phi) is 4.61. The summed E-state index contributed by atoms with van der Waals surface area (Å²) in [6, 6.07) is 10.8. The normalized spacial score (nSPS) is 12.6. The van der Waals surface area contributed by atoms with Gasteiger partial charge in [0.05, 0.1) is 16.4 Å². The van der Waals surface area contributed by atoms with E-state index in [1.54, 1.807) is 0 Å². The minimum Gasteiger partial charge on any atom is -0.304 e. The van der Waals surface area contributed by atoms with Gasteiger partial charge in [-0.05, 0) is 18.9 Å². The third-order valence-corrected chi connectivity index (χ3v) is 3.88. The van der Waals surface area contributed by atoms with Crippen molar-refractivity contribution in [3.8, 4) is 0 Å². The van der Waals surface area contributed by atoms with E-state index < -0.39 is 0 Å². The van der Waals surface area contributed by atoms with Crippen molar-refractivity contribution in [3.05, 3.63) is 52.3 Å². The molecule has 1 N–H and O–H groups in total. The van der Waals surface area contributed by atoms with Crippen LogP contribution in [0.5, 0.6) is 0 Å². The van der Waals surface area contributed by atoms with E-state index in [1.807, 2.05) is 24.7 Å². The maximum atomic E-state index is 6.26. The molecule has 0 spiro atoms. The van der Waals surface area contributed by atoms with Crippen LogP contribution in [0.25, 0.3) is 0 Å². The van der Waals surface area contributed by atoms with Gasteiger partial charge in [-0.2, -0.15) is 5.10 Å². The van der Waals surface area contributed by atoms with Crippen LogP contribution in [0.4, 0.5) is 0 Å². The first-order chi connectivity index (χ1) is 9.13. The smallest absolute Gasteiger partial charge is 0.0860 e.